The molecule has 2 aliphatic rings. The van der Waals surface area contributed by atoms with E-state index in [0.717, 1.165) is 75.7 Å². The minimum absolute atomic E-state index is 0.0425. The normalized spacial score (nSPS) is 19.6. The lowest BCUT2D eigenvalue weighted by molar-refractivity contribution is -0.00748. The van der Waals surface area contributed by atoms with Gasteiger partial charge in [0.05, 0.1) is 44.6 Å². The molecule has 0 unspecified atom stereocenters. The van der Waals surface area contributed by atoms with Crippen molar-refractivity contribution >= 4 is 33.7 Å². The molecule has 0 amide bonds. The number of benzene rings is 3. The molecule has 4 bridgehead atoms. The number of likely N-dealkylation sites (tertiary alicyclic amines) is 1. The van der Waals surface area contributed by atoms with Crippen LogP contribution in [-0.4, -0.2) is 67.2 Å². The zero-order chi connectivity index (χ0) is 33.3. The third kappa shape index (κ3) is 6.73. The van der Waals surface area contributed by atoms with E-state index in [-0.39, 0.29) is 18.1 Å². The molecule has 1 aromatic heterocycles. The molecule has 0 aliphatic carbocycles. The van der Waals surface area contributed by atoms with Gasteiger partial charge in [-0.3, -0.25) is 9.47 Å². The Morgan fingerprint density at radius 3 is 2.60 bits per heavy atom. The van der Waals surface area contributed by atoms with Crippen LogP contribution in [0.1, 0.15) is 73.1 Å². The van der Waals surface area contributed by atoms with Crippen LogP contribution in [0.5, 0.6) is 11.5 Å². The zero-order valence-electron chi connectivity index (χ0n) is 28.1. The van der Waals surface area contributed by atoms with Gasteiger partial charge in [-0.15, -0.1) is 0 Å². The molecule has 3 heterocycles. The highest BCUT2D eigenvalue weighted by Crippen LogP contribution is 2.42. The van der Waals surface area contributed by atoms with Crippen molar-refractivity contribution in [3.8, 4) is 11.5 Å². The first-order valence-electron chi connectivity index (χ1n) is 16.3. The van der Waals surface area contributed by atoms with Crippen LogP contribution in [0.25, 0.3) is 21.7 Å². The second kappa shape index (κ2) is 13.4. The third-order valence-corrected chi connectivity index (χ3v) is 9.00. The summed E-state index contributed by atoms with van der Waals surface area (Å²) in [6.07, 6.45) is 8.00. The highest BCUT2D eigenvalue weighted by atomic mass is 16.6. The second-order valence-electron chi connectivity index (χ2n) is 13.3. The van der Waals surface area contributed by atoms with Crippen LogP contribution in [0, 0.1) is 6.92 Å². The lowest BCUT2D eigenvalue weighted by Gasteiger charge is -2.40. The van der Waals surface area contributed by atoms with Crippen molar-refractivity contribution in [2.75, 3.05) is 34.0 Å². The minimum Gasteiger partial charge on any atom is -0.496 e. The summed E-state index contributed by atoms with van der Waals surface area (Å²) in [5.74, 6) is 1.15. The van der Waals surface area contributed by atoms with Crippen molar-refractivity contribution in [1.82, 2.24) is 9.47 Å². The molecular weight excluding hydrogens is 596 g/mol. The summed E-state index contributed by atoms with van der Waals surface area (Å²) in [5, 5.41) is 2.71. The van der Waals surface area contributed by atoms with Crippen LogP contribution in [-0.2, 0) is 20.8 Å². The summed E-state index contributed by atoms with van der Waals surface area (Å²) in [6, 6.07) is 13.8. The minimum atomic E-state index is -0.623. The summed E-state index contributed by atoms with van der Waals surface area (Å²) < 4.78 is 30.9. The Bertz CT molecular complexity index is 1830. The van der Waals surface area contributed by atoms with Gasteiger partial charge >= 0.3 is 12.1 Å². The first-order chi connectivity index (χ1) is 22.6. The first kappa shape index (κ1) is 32.6. The second-order valence-corrected chi connectivity index (χ2v) is 13.3. The molecule has 1 fully saturated rings. The van der Waals surface area contributed by atoms with E-state index in [1.54, 1.807) is 17.9 Å². The Morgan fingerprint density at radius 2 is 1.83 bits per heavy atom. The summed E-state index contributed by atoms with van der Waals surface area (Å²) in [7, 11) is 3.09. The Labute approximate surface area is 276 Å². The van der Waals surface area contributed by atoms with Gasteiger partial charge in [-0.2, -0.15) is 0 Å². The molecule has 9 nitrogen and oxygen atoms in total. The molecule has 0 saturated carbocycles. The number of carbonyl (C=O) groups excluding carboxylic acids is 2. The Kier molecular flexibility index (Phi) is 9.30. The van der Waals surface area contributed by atoms with E-state index in [4.69, 9.17) is 23.7 Å². The van der Waals surface area contributed by atoms with Crippen molar-refractivity contribution in [1.29, 1.82) is 0 Å². The molecule has 0 spiro atoms. The van der Waals surface area contributed by atoms with Crippen LogP contribution in [0.15, 0.2) is 60.8 Å². The van der Waals surface area contributed by atoms with Crippen LogP contribution in [0.4, 0.5) is 4.79 Å². The number of hydrogen-bond donors (Lipinski definition) is 0. The van der Waals surface area contributed by atoms with Crippen molar-refractivity contribution in [2.45, 2.75) is 71.2 Å². The van der Waals surface area contributed by atoms with E-state index >= 15 is 0 Å². The average molecular weight is 641 g/mol. The van der Waals surface area contributed by atoms with Gasteiger partial charge in [0.2, 0.25) is 0 Å². The van der Waals surface area contributed by atoms with Crippen molar-refractivity contribution < 1.29 is 33.3 Å². The number of nitrogens with zero attached hydrogens (tertiary/aromatic N) is 2. The first-order valence-corrected chi connectivity index (χ1v) is 16.3. The van der Waals surface area contributed by atoms with Crippen LogP contribution in [0.2, 0.25) is 0 Å². The van der Waals surface area contributed by atoms with Gasteiger partial charge in [0.1, 0.15) is 17.1 Å². The number of aromatic nitrogens is 1. The maximum Gasteiger partial charge on any atom is 0.419 e. The SMILES string of the molecule is COC(=O)c1ccc2c3cc(ccc13)OCC/C=C/CO[C@H]1CCN(Cc3c(OC)cc(C)c4c3ccn4C(=O)OC(C)(C)C)[C@H]2C1. The van der Waals surface area contributed by atoms with E-state index in [2.05, 4.69) is 17.1 Å². The van der Waals surface area contributed by atoms with E-state index in [1.165, 1.54) is 7.11 Å². The van der Waals surface area contributed by atoms with Gasteiger partial charge in [-0.05, 0) is 105 Å². The third-order valence-electron chi connectivity index (χ3n) is 9.00. The van der Waals surface area contributed by atoms with Gasteiger partial charge in [-0.25, -0.2) is 9.59 Å². The van der Waals surface area contributed by atoms with Gasteiger partial charge in [-0.1, -0.05) is 18.2 Å². The standard InChI is InChI=1S/C38H44N2O7/c1-24-20-34(43-5)32(29-15-17-40(35(24)29)37(42)47-38(2,3)4)23-39-16-14-26-22-33(39)28-12-13-30(36(41)44-6)27-11-10-25(21-31(27)28)45-18-8-7-9-19-46-26/h7,9-13,15,17,20-21,26,33H,8,14,16,18-19,22-23H2,1-6H3/b9-7+/t26-,33-/m0/s1. The van der Waals surface area contributed by atoms with E-state index in [9.17, 15) is 9.59 Å². The molecule has 3 aromatic carbocycles. The molecule has 4 aromatic rings. The number of aryl methyl sites for hydroxylation is 1. The average Bonchev–Trinajstić information content (AvgIpc) is 3.50. The number of ether oxygens (including phenoxy) is 5. The van der Waals surface area contributed by atoms with Gasteiger partial charge < -0.3 is 23.7 Å². The van der Waals surface area contributed by atoms with E-state index in [1.807, 2.05) is 70.2 Å². The molecule has 6 rings (SSSR count). The van der Waals surface area contributed by atoms with Crippen molar-refractivity contribution in [3.63, 3.8) is 0 Å². The van der Waals surface area contributed by atoms with Crippen LogP contribution < -0.4 is 9.47 Å². The van der Waals surface area contributed by atoms with Gasteiger partial charge in [0, 0.05) is 36.3 Å². The topological polar surface area (TPSA) is 88.5 Å². The van der Waals surface area contributed by atoms with Crippen molar-refractivity contribution in [3.05, 3.63) is 83.1 Å². The fourth-order valence-electron chi connectivity index (χ4n) is 6.86. The molecule has 2 aliphatic heterocycles. The van der Waals surface area contributed by atoms with Crippen molar-refractivity contribution in [2.24, 2.45) is 0 Å². The molecule has 0 N–H and O–H groups in total. The number of methoxy groups -OCH3 is 2. The summed E-state index contributed by atoms with van der Waals surface area (Å²) in [6.45, 7) is 10.0. The molecule has 248 valence electrons. The summed E-state index contributed by atoms with van der Waals surface area (Å²) in [5.41, 5.74) is 3.71. The smallest absolute Gasteiger partial charge is 0.419 e. The quantitative estimate of drug-likeness (QED) is 0.165. The highest BCUT2D eigenvalue weighted by Gasteiger charge is 2.33. The molecule has 2 atom stereocenters. The van der Waals surface area contributed by atoms with Gasteiger partial charge in [0.15, 0.2) is 0 Å². The molecule has 0 radical (unpaired) electrons. The molecule has 1 saturated heterocycles. The maximum absolute atomic E-state index is 13.2. The maximum atomic E-state index is 13.2. The number of fused-ring (bicyclic) bond motifs is 5. The lowest BCUT2D eigenvalue weighted by atomic mass is 9.87. The van der Waals surface area contributed by atoms with E-state index < -0.39 is 11.7 Å². The number of esters is 1. The molecule has 47 heavy (non-hydrogen) atoms. The van der Waals surface area contributed by atoms with Crippen LogP contribution in [0.3, 0.4) is 0 Å². The molecular formula is C38H44N2O7. The number of carbonyl (C=O) groups is 2. The fraction of sp³-hybridized carbons (Fsp3) is 0.421. The monoisotopic (exact) mass is 640 g/mol. The summed E-state index contributed by atoms with van der Waals surface area (Å²) >= 11 is 0. The number of piperidine rings is 1. The lowest BCUT2D eigenvalue weighted by Crippen LogP contribution is -2.39. The predicted molar refractivity (Wildman–Crippen MR) is 182 cm³/mol. The Morgan fingerprint density at radius 1 is 1.00 bits per heavy atom. The zero-order valence-corrected chi connectivity index (χ0v) is 28.1. The van der Waals surface area contributed by atoms with E-state index in [0.29, 0.717) is 25.3 Å². The number of rotatable bonds is 4. The summed E-state index contributed by atoms with van der Waals surface area (Å²) in [4.78, 5) is 28.5. The van der Waals surface area contributed by atoms with Crippen LogP contribution >= 0.6 is 0 Å². The highest BCUT2D eigenvalue weighted by molar-refractivity contribution is 6.06. The molecule has 9 heteroatoms. The van der Waals surface area contributed by atoms with Gasteiger partial charge in [0.25, 0.3) is 0 Å². The number of hydrogen-bond acceptors (Lipinski definition) is 8. The largest absolute Gasteiger partial charge is 0.496 e. The fourth-order valence-corrected chi connectivity index (χ4v) is 6.86. The Hall–Kier alpha value is -4.34. The predicted octanol–water partition coefficient (Wildman–Crippen LogP) is 7.74. The Balaban J connectivity index is 1.47.